The lowest BCUT2D eigenvalue weighted by atomic mass is 10.5. The minimum absolute atomic E-state index is 0.222. The van der Waals surface area contributed by atoms with Crippen molar-refractivity contribution in [3.05, 3.63) is 12.3 Å². The van der Waals surface area contributed by atoms with Crippen LogP contribution in [-0.4, -0.2) is 22.1 Å². The first-order valence-electron chi connectivity index (χ1n) is 2.76. The van der Waals surface area contributed by atoms with E-state index in [0.717, 1.165) is 6.26 Å². The third-order valence-electron chi connectivity index (χ3n) is 0.497. The first-order chi connectivity index (χ1) is 4.68. The quantitative estimate of drug-likeness (QED) is 0.486. The summed E-state index contributed by atoms with van der Waals surface area (Å²) >= 11 is 5.05. The van der Waals surface area contributed by atoms with E-state index in [9.17, 15) is 4.79 Å². The predicted octanol–water partition coefficient (Wildman–Crippen LogP) is 1.78. The number of carboxylic acids is 1. The highest BCUT2D eigenvalue weighted by molar-refractivity contribution is 6.18. The molecule has 0 rings (SSSR count). The van der Waals surface area contributed by atoms with Crippen molar-refractivity contribution >= 4 is 17.6 Å². The topological polar surface area (TPSA) is 57.5 Å². The van der Waals surface area contributed by atoms with E-state index in [1.165, 1.54) is 6.08 Å². The molecule has 0 radical (unpaired) electrons. The van der Waals surface area contributed by atoms with E-state index in [0.29, 0.717) is 5.88 Å². The predicted molar refractivity (Wildman–Crippen MR) is 40.4 cm³/mol. The third-order valence-corrected chi connectivity index (χ3v) is 0.675. The van der Waals surface area contributed by atoms with Crippen LogP contribution in [0, 0.1) is 0 Å². The van der Waals surface area contributed by atoms with Crippen molar-refractivity contribution in [1.29, 1.82) is 0 Å². The van der Waals surface area contributed by atoms with E-state index >= 15 is 0 Å². The number of carboxylic acid groups (broad SMARTS) is 1. The maximum atomic E-state index is 9.37. The van der Waals surface area contributed by atoms with E-state index in [2.05, 4.69) is 0 Å². The van der Waals surface area contributed by atoms with Crippen molar-refractivity contribution in [2.75, 3.05) is 5.88 Å². The summed E-state index contributed by atoms with van der Waals surface area (Å²) in [5.74, 6) is -0.360. The van der Waals surface area contributed by atoms with Gasteiger partial charge in [0.25, 0.3) is 0 Å². The molecule has 2 N–H and O–H groups in total. The average Bonchev–Trinajstić information content (AvgIpc) is 1.91. The molecule has 60 valence electrons. The fourth-order valence-electron chi connectivity index (χ4n) is 0.0398. The number of rotatable bonds is 2. The minimum Gasteiger partial charge on any atom is -0.516 e. The second kappa shape index (κ2) is 11.1. The molecule has 4 heteroatoms. The van der Waals surface area contributed by atoms with Crippen LogP contribution in [-0.2, 0) is 4.79 Å². The molecule has 0 heterocycles. The fraction of sp³-hybridized carbons (Fsp3) is 0.500. The van der Waals surface area contributed by atoms with Crippen molar-refractivity contribution in [3.63, 3.8) is 0 Å². The molecule has 0 aliphatic rings. The van der Waals surface area contributed by atoms with Gasteiger partial charge in [0.1, 0.15) is 0 Å². The maximum Gasteiger partial charge on any atom is 0.303 e. The van der Waals surface area contributed by atoms with Crippen molar-refractivity contribution in [2.45, 2.75) is 13.3 Å². The first-order valence-corrected chi connectivity index (χ1v) is 3.29. The van der Waals surface area contributed by atoms with E-state index in [4.69, 9.17) is 21.8 Å². The number of carbonyl (C=O) groups is 1. The highest BCUT2D eigenvalue weighted by Crippen LogP contribution is 1.71. The summed E-state index contributed by atoms with van der Waals surface area (Å²) in [4.78, 5) is 9.37. The zero-order chi connectivity index (χ0) is 8.41. The van der Waals surface area contributed by atoms with E-state index in [1.807, 2.05) is 0 Å². The van der Waals surface area contributed by atoms with Crippen molar-refractivity contribution < 1.29 is 15.0 Å². The largest absolute Gasteiger partial charge is 0.516 e. The smallest absolute Gasteiger partial charge is 0.303 e. The molecule has 0 saturated carbocycles. The number of aliphatic hydroxyl groups excluding tert-OH is 1. The Morgan fingerprint density at radius 3 is 2.10 bits per heavy atom. The summed E-state index contributed by atoms with van der Waals surface area (Å²) in [6.07, 6.45) is 2.59. The second-order valence-corrected chi connectivity index (χ2v) is 1.59. The van der Waals surface area contributed by atoms with Crippen LogP contribution in [0.25, 0.3) is 0 Å². The van der Waals surface area contributed by atoms with E-state index in [-0.39, 0.29) is 6.42 Å². The molecule has 0 amide bonds. The van der Waals surface area contributed by atoms with Gasteiger partial charge in [0.2, 0.25) is 0 Å². The Morgan fingerprint density at radius 2 is 2.10 bits per heavy atom. The molecule has 0 bridgehead atoms. The molecule has 3 nitrogen and oxygen atoms in total. The SMILES string of the molecule is CCC(=O)O.OC=CCCl. The van der Waals surface area contributed by atoms with Gasteiger partial charge in [0.05, 0.1) is 6.26 Å². The van der Waals surface area contributed by atoms with Gasteiger partial charge in [-0.15, -0.1) is 11.6 Å². The standard InChI is InChI=1S/C3H5ClO.C3H6O2/c4-2-1-3-5;1-2-3(4)5/h1,3,5H,2H2;2H2,1H3,(H,4,5). The molecule has 0 aromatic carbocycles. The Hall–Kier alpha value is -0.700. The number of hydrogen-bond acceptors (Lipinski definition) is 2. The van der Waals surface area contributed by atoms with Gasteiger partial charge in [-0.05, 0) is 6.08 Å². The lowest BCUT2D eigenvalue weighted by Crippen LogP contribution is -1.86. The van der Waals surface area contributed by atoms with Crippen LogP contribution < -0.4 is 0 Å². The zero-order valence-electron chi connectivity index (χ0n) is 5.75. The first kappa shape index (κ1) is 12.0. The van der Waals surface area contributed by atoms with Gasteiger partial charge >= 0.3 is 5.97 Å². The normalized spacial score (nSPS) is 8.60. The maximum absolute atomic E-state index is 9.37. The summed E-state index contributed by atoms with van der Waals surface area (Å²) in [6.45, 7) is 1.60. The summed E-state index contributed by atoms with van der Waals surface area (Å²) in [5, 5.41) is 15.5. The Morgan fingerprint density at radius 1 is 1.70 bits per heavy atom. The molecular weight excluding hydrogens is 156 g/mol. The molecular formula is C6H11ClO3. The Kier molecular flexibility index (Phi) is 13.4. The molecule has 0 fully saturated rings. The highest BCUT2D eigenvalue weighted by Gasteiger charge is 1.80. The van der Waals surface area contributed by atoms with Gasteiger partial charge in [0.15, 0.2) is 0 Å². The zero-order valence-corrected chi connectivity index (χ0v) is 6.51. The molecule has 0 aromatic heterocycles. The van der Waals surface area contributed by atoms with Crippen LogP contribution >= 0.6 is 11.6 Å². The third kappa shape index (κ3) is 26.6. The molecule has 0 saturated heterocycles. The van der Waals surface area contributed by atoms with Gasteiger partial charge in [-0.25, -0.2) is 0 Å². The number of halogens is 1. The summed E-state index contributed by atoms with van der Waals surface area (Å²) in [6, 6.07) is 0. The number of alkyl halides is 1. The van der Waals surface area contributed by atoms with Gasteiger partial charge in [-0.1, -0.05) is 6.92 Å². The number of hydrogen-bond donors (Lipinski definition) is 2. The Balaban J connectivity index is 0. The lowest BCUT2D eigenvalue weighted by Gasteiger charge is -1.71. The van der Waals surface area contributed by atoms with Crippen LogP contribution in [0.2, 0.25) is 0 Å². The molecule has 0 unspecified atom stereocenters. The summed E-state index contributed by atoms with van der Waals surface area (Å²) < 4.78 is 0. The van der Waals surface area contributed by atoms with Crippen LogP contribution in [0.3, 0.4) is 0 Å². The van der Waals surface area contributed by atoms with Crippen molar-refractivity contribution in [3.8, 4) is 0 Å². The molecule has 0 aliphatic heterocycles. The molecule has 0 aromatic rings. The van der Waals surface area contributed by atoms with E-state index < -0.39 is 5.97 Å². The molecule has 0 aliphatic carbocycles. The van der Waals surface area contributed by atoms with Crippen LogP contribution in [0.15, 0.2) is 12.3 Å². The lowest BCUT2D eigenvalue weighted by molar-refractivity contribution is -0.136. The molecule has 0 atom stereocenters. The molecule has 10 heavy (non-hydrogen) atoms. The van der Waals surface area contributed by atoms with Crippen molar-refractivity contribution in [1.82, 2.24) is 0 Å². The molecule has 0 spiro atoms. The van der Waals surface area contributed by atoms with Crippen molar-refractivity contribution in [2.24, 2.45) is 0 Å². The van der Waals surface area contributed by atoms with Gasteiger partial charge in [0, 0.05) is 12.3 Å². The minimum atomic E-state index is -0.745. The van der Waals surface area contributed by atoms with Crippen LogP contribution in [0.1, 0.15) is 13.3 Å². The summed E-state index contributed by atoms with van der Waals surface area (Å²) in [5.41, 5.74) is 0. The van der Waals surface area contributed by atoms with E-state index in [1.54, 1.807) is 6.92 Å². The highest BCUT2D eigenvalue weighted by atomic mass is 35.5. The second-order valence-electron chi connectivity index (χ2n) is 1.29. The van der Waals surface area contributed by atoms with Gasteiger partial charge < -0.3 is 10.2 Å². The number of aliphatic hydroxyl groups is 1. The number of allylic oxidation sites excluding steroid dienone is 1. The fourth-order valence-corrected chi connectivity index (χ4v) is 0.120. The summed E-state index contributed by atoms with van der Waals surface area (Å²) in [7, 11) is 0. The van der Waals surface area contributed by atoms with Gasteiger partial charge in [-0.3, -0.25) is 4.79 Å². The monoisotopic (exact) mass is 166 g/mol. The average molecular weight is 167 g/mol. The Labute approximate surface area is 64.9 Å². The van der Waals surface area contributed by atoms with Crippen LogP contribution in [0.5, 0.6) is 0 Å². The number of aliphatic carboxylic acids is 1. The van der Waals surface area contributed by atoms with Crippen LogP contribution in [0.4, 0.5) is 0 Å². The Bertz CT molecular complexity index is 101. The van der Waals surface area contributed by atoms with Gasteiger partial charge in [-0.2, -0.15) is 0 Å².